The highest BCUT2D eigenvalue weighted by molar-refractivity contribution is 5.33. The number of nitrogens with one attached hydrogen (secondary N) is 1. The van der Waals surface area contributed by atoms with Crippen LogP contribution in [-0.2, 0) is 19.3 Å². The molecule has 0 bridgehead atoms. The van der Waals surface area contributed by atoms with Gasteiger partial charge in [-0.15, -0.1) is 0 Å². The highest BCUT2D eigenvalue weighted by atomic mass is 15.2. The fraction of sp³-hybridized carbons (Fsp3) is 0.647. The molecule has 104 valence electrons. The summed E-state index contributed by atoms with van der Waals surface area (Å²) in [6.07, 6.45) is 7.99. The van der Waals surface area contributed by atoms with Crippen molar-refractivity contribution in [3.05, 3.63) is 34.9 Å². The maximum absolute atomic E-state index is 3.42. The molecule has 2 heteroatoms. The highest BCUT2D eigenvalue weighted by Crippen LogP contribution is 2.22. The van der Waals surface area contributed by atoms with Gasteiger partial charge < -0.3 is 10.2 Å². The first-order valence-electron chi connectivity index (χ1n) is 7.95. The molecule has 1 aliphatic heterocycles. The van der Waals surface area contributed by atoms with Crippen LogP contribution in [0.4, 0.5) is 0 Å². The van der Waals surface area contributed by atoms with Gasteiger partial charge in [-0.2, -0.15) is 0 Å². The number of fused-ring (bicyclic) bond motifs is 1. The summed E-state index contributed by atoms with van der Waals surface area (Å²) in [4.78, 5) is 2.59. The summed E-state index contributed by atoms with van der Waals surface area (Å²) in [5, 5.41) is 3.42. The molecule has 0 spiro atoms. The monoisotopic (exact) mass is 258 g/mol. The number of benzene rings is 1. The topological polar surface area (TPSA) is 15.3 Å². The molecule has 19 heavy (non-hydrogen) atoms. The largest absolute Gasteiger partial charge is 0.314 e. The third-order valence-electron chi connectivity index (χ3n) is 4.59. The predicted octanol–water partition coefficient (Wildman–Crippen LogP) is 2.40. The SMILES string of the molecule is c1cc2c(cc1CCN1CCNCC1)CCCCC2. The van der Waals surface area contributed by atoms with Crippen molar-refractivity contribution in [3.8, 4) is 0 Å². The predicted molar refractivity (Wildman–Crippen MR) is 80.7 cm³/mol. The molecule has 0 amide bonds. The van der Waals surface area contributed by atoms with Gasteiger partial charge in [0.1, 0.15) is 0 Å². The van der Waals surface area contributed by atoms with Crippen LogP contribution in [-0.4, -0.2) is 37.6 Å². The summed E-state index contributed by atoms with van der Waals surface area (Å²) < 4.78 is 0. The maximum Gasteiger partial charge on any atom is 0.0108 e. The van der Waals surface area contributed by atoms with Crippen molar-refractivity contribution in [2.45, 2.75) is 38.5 Å². The Labute approximate surface area is 117 Å². The maximum atomic E-state index is 3.42. The van der Waals surface area contributed by atoms with Crippen LogP contribution in [0.2, 0.25) is 0 Å². The third kappa shape index (κ3) is 3.58. The number of nitrogens with zero attached hydrogens (tertiary/aromatic N) is 1. The quantitative estimate of drug-likeness (QED) is 0.838. The summed E-state index contributed by atoms with van der Waals surface area (Å²) in [6.45, 7) is 5.96. The first kappa shape index (κ1) is 13.1. The van der Waals surface area contributed by atoms with E-state index >= 15 is 0 Å². The molecule has 1 N–H and O–H groups in total. The minimum atomic E-state index is 1.16. The van der Waals surface area contributed by atoms with Gasteiger partial charge >= 0.3 is 0 Å². The molecule has 0 aromatic heterocycles. The zero-order chi connectivity index (χ0) is 12.9. The van der Waals surface area contributed by atoms with Crippen LogP contribution in [0.5, 0.6) is 0 Å². The molecule has 2 aliphatic rings. The van der Waals surface area contributed by atoms with E-state index in [1.165, 1.54) is 58.2 Å². The van der Waals surface area contributed by atoms with Crippen molar-refractivity contribution < 1.29 is 0 Å². The second-order valence-electron chi connectivity index (χ2n) is 6.01. The van der Waals surface area contributed by atoms with Gasteiger partial charge in [-0.1, -0.05) is 24.6 Å². The molecule has 1 aromatic carbocycles. The Bertz CT molecular complexity index is 408. The molecule has 1 aliphatic carbocycles. The second-order valence-corrected chi connectivity index (χ2v) is 6.01. The standard InChI is InChI=1S/C17H26N2/c1-2-4-16-7-6-15(14-17(16)5-3-1)8-11-19-12-9-18-10-13-19/h6-7,14,18H,1-5,8-13H2. The van der Waals surface area contributed by atoms with Gasteiger partial charge in [-0.05, 0) is 48.8 Å². The smallest absolute Gasteiger partial charge is 0.0108 e. The molecule has 0 saturated carbocycles. The van der Waals surface area contributed by atoms with Crippen LogP contribution in [0.3, 0.4) is 0 Å². The first-order valence-corrected chi connectivity index (χ1v) is 7.95. The Morgan fingerprint density at radius 2 is 1.74 bits per heavy atom. The van der Waals surface area contributed by atoms with E-state index in [0.717, 1.165) is 13.1 Å². The van der Waals surface area contributed by atoms with Crippen LogP contribution < -0.4 is 5.32 Å². The van der Waals surface area contributed by atoms with Crippen LogP contribution in [0.25, 0.3) is 0 Å². The zero-order valence-electron chi connectivity index (χ0n) is 12.0. The molecule has 0 radical (unpaired) electrons. The van der Waals surface area contributed by atoms with E-state index in [0.29, 0.717) is 0 Å². The summed E-state index contributed by atoms with van der Waals surface area (Å²) >= 11 is 0. The van der Waals surface area contributed by atoms with E-state index < -0.39 is 0 Å². The lowest BCUT2D eigenvalue weighted by molar-refractivity contribution is 0.244. The normalized spacial score (nSPS) is 20.8. The van der Waals surface area contributed by atoms with Crippen molar-refractivity contribution in [1.82, 2.24) is 10.2 Å². The second kappa shape index (κ2) is 6.53. The van der Waals surface area contributed by atoms with E-state index in [1.54, 1.807) is 16.7 Å². The molecule has 1 heterocycles. The summed E-state index contributed by atoms with van der Waals surface area (Å²) in [5.74, 6) is 0. The number of hydrogen-bond acceptors (Lipinski definition) is 2. The number of aryl methyl sites for hydroxylation is 2. The molecular formula is C17H26N2. The van der Waals surface area contributed by atoms with Crippen molar-refractivity contribution in [1.29, 1.82) is 0 Å². The highest BCUT2D eigenvalue weighted by Gasteiger charge is 2.11. The van der Waals surface area contributed by atoms with E-state index in [4.69, 9.17) is 0 Å². The van der Waals surface area contributed by atoms with Crippen molar-refractivity contribution in [2.75, 3.05) is 32.7 Å². The van der Waals surface area contributed by atoms with Gasteiger partial charge in [0.05, 0.1) is 0 Å². The van der Waals surface area contributed by atoms with Gasteiger partial charge in [0.25, 0.3) is 0 Å². The van der Waals surface area contributed by atoms with Crippen LogP contribution >= 0.6 is 0 Å². The molecular weight excluding hydrogens is 232 g/mol. The fourth-order valence-electron chi connectivity index (χ4n) is 3.34. The molecule has 2 nitrogen and oxygen atoms in total. The Morgan fingerprint density at radius 1 is 0.947 bits per heavy atom. The lowest BCUT2D eigenvalue weighted by Gasteiger charge is -2.27. The van der Waals surface area contributed by atoms with E-state index in [9.17, 15) is 0 Å². The van der Waals surface area contributed by atoms with Crippen LogP contribution in [0.1, 0.15) is 36.0 Å². The fourth-order valence-corrected chi connectivity index (χ4v) is 3.34. The van der Waals surface area contributed by atoms with Crippen LogP contribution in [0, 0.1) is 0 Å². The lowest BCUT2D eigenvalue weighted by Crippen LogP contribution is -2.44. The number of rotatable bonds is 3. The number of piperazine rings is 1. The van der Waals surface area contributed by atoms with Crippen molar-refractivity contribution in [3.63, 3.8) is 0 Å². The molecule has 3 rings (SSSR count). The first-order chi connectivity index (χ1) is 9.42. The van der Waals surface area contributed by atoms with Gasteiger partial charge in [0, 0.05) is 32.7 Å². The zero-order valence-corrected chi connectivity index (χ0v) is 12.0. The van der Waals surface area contributed by atoms with E-state index in [1.807, 2.05) is 0 Å². The average Bonchev–Trinajstić information content (AvgIpc) is 2.71. The Morgan fingerprint density at radius 3 is 2.58 bits per heavy atom. The van der Waals surface area contributed by atoms with Gasteiger partial charge in [-0.3, -0.25) is 0 Å². The van der Waals surface area contributed by atoms with Crippen molar-refractivity contribution >= 4 is 0 Å². The molecule has 0 unspecified atom stereocenters. The van der Waals surface area contributed by atoms with Gasteiger partial charge in [0.15, 0.2) is 0 Å². The molecule has 1 aromatic rings. The Balaban J connectivity index is 1.60. The van der Waals surface area contributed by atoms with Gasteiger partial charge in [0.2, 0.25) is 0 Å². The molecule has 1 saturated heterocycles. The lowest BCUT2D eigenvalue weighted by atomic mass is 9.98. The number of hydrogen-bond donors (Lipinski definition) is 1. The minimum Gasteiger partial charge on any atom is -0.314 e. The van der Waals surface area contributed by atoms with Crippen LogP contribution in [0.15, 0.2) is 18.2 Å². The Hall–Kier alpha value is -0.860. The van der Waals surface area contributed by atoms with Crippen molar-refractivity contribution in [2.24, 2.45) is 0 Å². The van der Waals surface area contributed by atoms with E-state index in [-0.39, 0.29) is 0 Å². The summed E-state index contributed by atoms with van der Waals surface area (Å²) in [5.41, 5.74) is 4.79. The average molecular weight is 258 g/mol. The Kier molecular flexibility index (Phi) is 4.52. The summed E-state index contributed by atoms with van der Waals surface area (Å²) in [7, 11) is 0. The van der Waals surface area contributed by atoms with E-state index in [2.05, 4.69) is 28.4 Å². The third-order valence-corrected chi connectivity index (χ3v) is 4.59. The molecule has 1 fully saturated rings. The van der Waals surface area contributed by atoms with Gasteiger partial charge in [-0.25, -0.2) is 0 Å². The molecule has 0 atom stereocenters. The summed E-state index contributed by atoms with van der Waals surface area (Å²) in [6, 6.07) is 7.25. The minimum absolute atomic E-state index is 1.16.